The fourth-order valence-corrected chi connectivity index (χ4v) is 16.0. The van der Waals surface area contributed by atoms with Crippen molar-refractivity contribution >= 4 is 24.0 Å². The van der Waals surface area contributed by atoms with Crippen LogP contribution in [0.15, 0.2) is 71.6 Å². The van der Waals surface area contributed by atoms with Crippen LogP contribution in [0.1, 0.15) is 82.6 Å². The maximum atomic E-state index is 14.6. The van der Waals surface area contributed by atoms with Crippen molar-refractivity contribution in [2.24, 2.45) is 0 Å². The number of benzene rings is 3. The van der Waals surface area contributed by atoms with E-state index in [1.54, 1.807) is 30.7 Å². The number of hydrogen-bond acceptors (Lipinski definition) is 9. The highest BCUT2D eigenvalue weighted by Crippen LogP contribution is 2.47. The number of fused-ring (bicyclic) bond motifs is 1. The summed E-state index contributed by atoms with van der Waals surface area (Å²) in [6.45, 7) is 21.2. The quantitative estimate of drug-likeness (QED) is 0.0773. The van der Waals surface area contributed by atoms with E-state index < -0.39 is 30.5 Å². The van der Waals surface area contributed by atoms with Gasteiger partial charge in [-0.2, -0.15) is 4.31 Å². The van der Waals surface area contributed by atoms with Gasteiger partial charge >= 0.3 is 0 Å². The summed E-state index contributed by atoms with van der Waals surface area (Å²) < 4.78 is 67.9. The van der Waals surface area contributed by atoms with Crippen LogP contribution in [-0.4, -0.2) is 100 Å². The predicted octanol–water partition coefficient (Wildman–Crippen LogP) is 8.72. The highest BCUT2D eigenvalue weighted by molar-refractivity contribution is 7.89. The molecule has 3 aromatic rings. The Balaban J connectivity index is 1.54. The number of nitrogens with zero attached hydrogens (tertiary/aromatic N) is 2. The van der Waals surface area contributed by atoms with E-state index in [2.05, 4.69) is 82.8 Å². The van der Waals surface area contributed by atoms with E-state index in [1.165, 1.54) is 0 Å². The third kappa shape index (κ3) is 11.1. The molecule has 0 saturated carbocycles. The van der Waals surface area contributed by atoms with Crippen molar-refractivity contribution in [1.29, 1.82) is 0 Å². The van der Waals surface area contributed by atoms with Crippen molar-refractivity contribution in [3.05, 3.63) is 89.0 Å². The molecule has 0 radical (unpaired) electrons. The van der Waals surface area contributed by atoms with Crippen LogP contribution in [0, 0.1) is 6.92 Å². The molecule has 2 aliphatic rings. The van der Waals surface area contributed by atoms with E-state index in [0.717, 1.165) is 59.6 Å². The van der Waals surface area contributed by atoms with Gasteiger partial charge in [-0.05, 0) is 77.3 Å². The second kappa shape index (κ2) is 20.9. The van der Waals surface area contributed by atoms with Crippen molar-refractivity contribution in [1.82, 2.24) is 4.31 Å². The van der Waals surface area contributed by atoms with Gasteiger partial charge in [-0.25, -0.2) is 8.42 Å². The largest absolute Gasteiger partial charge is 0.490 e. The summed E-state index contributed by atoms with van der Waals surface area (Å²) in [4.78, 5) is 2.63. The first-order valence-electron chi connectivity index (χ1n) is 20.8. The molecule has 0 spiro atoms. The monoisotopic (exact) mass is 824 g/mol. The van der Waals surface area contributed by atoms with Crippen LogP contribution in [0.5, 0.6) is 5.75 Å². The Labute approximate surface area is 344 Å². The van der Waals surface area contributed by atoms with Gasteiger partial charge in [0.2, 0.25) is 18.3 Å². The molecule has 3 aromatic carbocycles. The molecule has 0 amide bonds. The summed E-state index contributed by atoms with van der Waals surface area (Å²) in [5.41, 5.74) is 6.13. The molecule has 0 bridgehead atoms. The van der Waals surface area contributed by atoms with E-state index in [1.807, 2.05) is 25.1 Å². The average molecular weight is 825 g/mol. The van der Waals surface area contributed by atoms with Crippen LogP contribution in [-0.2, 0) is 46.6 Å². The topological polar surface area (TPSA) is 96.0 Å². The molecule has 2 heterocycles. The second-order valence-corrected chi connectivity index (χ2v) is 24.0. The van der Waals surface area contributed by atoms with Gasteiger partial charge in [0.15, 0.2) is 0 Å². The van der Waals surface area contributed by atoms with E-state index in [9.17, 15) is 8.42 Å². The van der Waals surface area contributed by atoms with Crippen LogP contribution in [0.2, 0.25) is 16.6 Å². The first kappa shape index (κ1) is 45.3. The maximum Gasteiger partial charge on any atom is 0.243 e. The van der Waals surface area contributed by atoms with Crippen molar-refractivity contribution in [2.45, 2.75) is 114 Å². The van der Waals surface area contributed by atoms with Crippen LogP contribution in [0.25, 0.3) is 0 Å². The standard InChI is InChI=1S/C45H68N2O8SSi/c1-33(2)57(34(3)4,35(5)6)55-44-30-47(56(48,49)40-19-12-36(7)13-20-40)29-43(45(44)39-17-14-37(15-18-39)31-52-26-11-25-51-9)54-32-38-16-21-42-41(28-38)46(23-27-53-42)22-10-24-50-8/h12-21,28,33-35,43-45H,10-11,22-27,29-32H2,1-9H3/t43-,44+,45-/m0/s1. The molecule has 3 atom stereocenters. The molecule has 5 rings (SSSR count). The molecule has 0 aliphatic carbocycles. The van der Waals surface area contributed by atoms with E-state index in [0.29, 0.717) is 56.3 Å². The first-order valence-corrected chi connectivity index (χ1v) is 24.4. The van der Waals surface area contributed by atoms with Gasteiger partial charge in [0.05, 0.1) is 42.5 Å². The Bertz CT molecular complexity index is 1770. The Morgan fingerprint density at radius 3 is 2.05 bits per heavy atom. The molecule has 316 valence electrons. The van der Waals surface area contributed by atoms with Crippen LogP contribution < -0.4 is 9.64 Å². The molecule has 0 N–H and O–H groups in total. The zero-order chi connectivity index (χ0) is 41.2. The minimum atomic E-state index is -3.87. The molecule has 0 aromatic heterocycles. The van der Waals surface area contributed by atoms with Crippen molar-refractivity contribution in [2.75, 3.05) is 71.7 Å². The molecule has 1 saturated heterocycles. The zero-order valence-electron chi connectivity index (χ0n) is 35.9. The summed E-state index contributed by atoms with van der Waals surface area (Å²) in [6.07, 6.45) is 0.822. The number of rotatable bonds is 21. The molecular formula is C45H68N2O8SSi. The lowest BCUT2D eigenvalue weighted by atomic mass is 9.85. The number of anilines is 1. The van der Waals surface area contributed by atoms with E-state index in [4.69, 9.17) is 28.1 Å². The fourth-order valence-electron chi connectivity index (χ4n) is 8.94. The molecule has 57 heavy (non-hydrogen) atoms. The molecule has 0 unspecified atom stereocenters. The third-order valence-electron chi connectivity index (χ3n) is 11.8. The number of hydrogen-bond donors (Lipinski definition) is 0. The summed E-state index contributed by atoms with van der Waals surface area (Å²) in [6, 6.07) is 21.9. The van der Waals surface area contributed by atoms with Gasteiger partial charge < -0.3 is 33.0 Å². The molecule has 10 nitrogen and oxygen atoms in total. The Kier molecular flexibility index (Phi) is 16.6. The summed E-state index contributed by atoms with van der Waals surface area (Å²) >= 11 is 0. The number of aryl methyl sites for hydroxylation is 1. The molecule has 12 heteroatoms. The lowest BCUT2D eigenvalue weighted by Crippen LogP contribution is -2.59. The minimum Gasteiger partial charge on any atom is -0.490 e. The fraction of sp³-hybridized carbons (Fsp3) is 0.600. The Hall–Kier alpha value is -2.81. The SMILES string of the molecule is COCCCOCc1ccc([C@H]2[C@@H](OCc3ccc4c(c3)N(CCCOC)CCO4)CN(S(=O)(=O)c3ccc(C)cc3)C[C@H]2O[Si](C(C)C)(C(C)C)C(C)C)cc1. The summed E-state index contributed by atoms with van der Waals surface area (Å²) in [5.74, 6) is 0.641. The van der Waals surface area contributed by atoms with Crippen molar-refractivity contribution < 1.29 is 36.5 Å². The number of ether oxygens (including phenoxy) is 5. The number of piperidine rings is 1. The lowest BCUT2D eigenvalue weighted by molar-refractivity contribution is -0.0504. The highest BCUT2D eigenvalue weighted by atomic mass is 32.2. The maximum absolute atomic E-state index is 14.6. The average Bonchev–Trinajstić information content (AvgIpc) is 3.19. The van der Waals surface area contributed by atoms with Crippen LogP contribution >= 0.6 is 0 Å². The lowest BCUT2D eigenvalue weighted by Gasteiger charge is -2.50. The molecule has 2 aliphatic heterocycles. The van der Waals surface area contributed by atoms with Crippen LogP contribution in [0.4, 0.5) is 5.69 Å². The predicted molar refractivity (Wildman–Crippen MR) is 230 cm³/mol. The van der Waals surface area contributed by atoms with E-state index >= 15 is 0 Å². The van der Waals surface area contributed by atoms with Crippen LogP contribution in [0.3, 0.4) is 0 Å². The molecular weight excluding hydrogens is 757 g/mol. The van der Waals surface area contributed by atoms with Gasteiger partial charge in [0.1, 0.15) is 12.4 Å². The van der Waals surface area contributed by atoms with Gasteiger partial charge in [-0.3, -0.25) is 0 Å². The smallest absolute Gasteiger partial charge is 0.243 e. The third-order valence-corrected chi connectivity index (χ3v) is 19.8. The first-order chi connectivity index (χ1) is 27.3. The Morgan fingerprint density at radius 2 is 1.40 bits per heavy atom. The number of sulfonamides is 1. The van der Waals surface area contributed by atoms with Gasteiger partial charge in [-0.1, -0.05) is 89.6 Å². The van der Waals surface area contributed by atoms with Crippen molar-refractivity contribution in [3.8, 4) is 5.75 Å². The summed E-state index contributed by atoms with van der Waals surface area (Å²) in [5, 5.41) is 0. The minimum absolute atomic E-state index is 0.196. The normalized spacial score (nSPS) is 19.4. The highest BCUT2D eigenvalue weighted by Gasteiger charge is 2.51. The zero-order valence-corrected chi connectivity index (χ0v) is 37.7. The number of methoxy groups -OCH3 is 2. The van der Waals surface area contributed by atoms with Gasteiger partial charge in [0.25, 0.3) is 0 Å². The second-order valence-electron chi connectivity index (χ2n) is 16.6. The molecule has 1 fully saturated rings. The van der Waals surface area contributed by atoms with Gasteiger partial charge in [-0.15, -0.1) is 0 Å². The van der Waals surface area contributed by atoms with Gasteiger partial charge in [0, 0.05) is 59.6 Å². The van der Waals surface area contributed by atoms with E-state index in [-0.39, 0.29) is 23.9 Å². The van der Waals surface area contributed by atoms with Crippen molar-refractivity contribution in [3.63, 3.8) is 0 Å². The summed E-state index contributed by atoms with van der Waals surface area (Å²) in [7, 11) is -2.94. The Morgan fingerprint density at radius 1 is 0.772 bits per heavy atom.